The van der Waals surface area contributed by atoms with Crippen LogP contribution in [0.4, 0.5) is 5.69 Å². The number of nitrogens with one attached hydrogen (secondary N) is 2. The van der Waals surface area contributed by atoms with Crippen LogP contribution in [0.3, 0.4) is 0 Å². The Hall–Kier alpha value is -2.53. The van der Waals surface area contributed by atoms with Crippen LogP contribution in [0.2, 0.25) is 0 Å². The van der Waals surface area contributed by atoms with E-state index in [1.54, 1.807) is 7.11 Å². The first-order valence-electron chi connectivity index (χ1n) is 9.22. The molecule has 0 radical (unpaired) electrons. The number of piperazine rings is 1. The number of hydrogen-bond acceptors (Lipinski definition) is 3. The van der Waals surface area contributed by atoms with Crippen LogP contribution in [0, 0.1) is 0 Å². The van der Waals surface area contributed by atoms with Gasteiger partial charge < -0.3 is 19.9 Å². The summed E-state index contributed by atoms with van der Waals surface area (Å²) < 4.78 is 5.21. The Morgan fingerprint density at radius 1 is 1.12 bits per heavy atom. The third-order valence-electron chi connectivity index (χ3n) is 5.00. The minimum Gasteiger partial charge on any atom is -0.497 e. The first-order chi connectivity index (χ1) is 12.7. The van der Waals surface area contributed by atoms with Crippen molar-refractivity contribution in [2.45, 2.75) is 13.0 Å². The fourth-order valence-corrected chi connectivity index (χ4v) is 3.40. The Labute approximate surface area is 155 Å². The molecule has 1 aliphatic heterocycles. The van der Waals surface area contributed by atoms with Gasteiger partial charge in [-0.3, -0.25) is 4.79 Å². The molecule has 0 aliphatic carbocycles. The van der Waals surface area contributed by atoms with E-state index in [1.165, 1.54) is 10.6 Å². The van der Waals surface area contributed by atoms with Crippen LogP contribution in [0.15, 0.2) is 54.6 Å². The number of ether oxygens (including phenoxy) is 1. The normalized spacial score (nSPS) is 16.2. The van der Waals surface area contributed by atoms with Crippen molar-refractivity contribution in [3.8, 4) is 5.75 Å². The highest BCUT2D eigenvalue weighted by Crippen LogP contribution is 2.19. The standard InChI is InChI=1S/C21H27N3O2/c1-17(18-6-4-3-5-7-18)22-21(25)16-23-12-14-24(15-13-23)19-8-10-20(26-2)11-9-19/h3-11,17H,12-16H2,1-2H3,(H,22,25)/p+1/t17-/m0/s1. The van der Waals surface area contributed by atoms with Crippen molar-refractivity contribution in [3.63, 3.8) is 0 Å². The summed E-state index contributed by atoms with van der Waals surface area (Å²) >= 11 is 0. The third kappa shape index (κ3) is 4.76. The first-order valence-corrected chi connectivity index (χ1v) is 9.22. The second-order valence-corrected chi connectivity index (χ2v) is 6.81. The van der Waals surface area contributed by atoms with Crippen LogP contribution in [-0.4, -0.2) is 45.7 Å². The molecule has 26 heavy (non-hydrogen) atoms. The van der Waals surface area contributed by atoms with Crippen molar-refractivity contribution >= 4 is 11.6 Å². The molecule has 0 bridgehead atoms. The van der Waals surface area contributed by atoms with E-state index in [0.29, 0.717) is 6.54 Å². The van der Waals surface area contributed by atoms with Gasteiger partial charge in [-0.05, 0) is 36.8 Å². The van der Waals surface area contributed by atoms with Crippen LogP contribution in [0.25, 0.3) is 0 Å². The Morgan fingerprint density at radius 2 is 1.77 bits per heavy atom. The number of hydrogen-bond donors (Lipinski definition) is 2. The zero-order chi connectivity index (χ0) is 18.4. The monoisotopic (exact) mass is 354 g/mol. The summed E-state index contributed by atoms with van der Waals surface area (Å²) in [6.07, 6.45) is 0. The molecule has 5 heteroatoms. The van der Waals surface area contributed by atoms with Gasteiger partial charge in [0.05, 0.1) is 39.3 Å². The predicted molar refractivity (Wildman–Crippen MR) is 104 cm³/mol. The van der Waals surface area contributed by atoms with Crippen molar-refractivity contribution in [1.29, 1.82) is 0 Å². The number of carbonyl (C=O) groups excluding carboxylic acids is 1. The fraction of sp³-hybridized carbons (Fsp3) is 0.381. The number of benzene rings is 2. The molecular weight excluding hydrogens is 326 g/mol. The van der Waals surface area contributed by atoms with Gasteiger partial charge in [-0.1, -0.05) is 30.3 Å². The number of amides is 1. The lowest BCUT2D eigenvalue weighted by atomic mass is 10.1. The molecule has 1 aliphatic rings. The van der Waals surface area contributed by atoms with Crippen molar-refractivity contribution in [3.05, 3.63) is 60.2 Å². The quantitative estimate of drug-likeness (QED) is 0.821. The van der Waals surface area contributed by atoms with Crippen molar-refractivity contribution < 1.29 is 14.4 Å². The molecule has 2 N–H and O–H groups in total. The molecule has 1 heterocycles. The molecule has 0 saturated carbocycles. The summed E-state index contributed by atoms with van der Waals surface area (Å²) in [4.78, 5) is 16.1. The minimum absolute atomic E-state index is 0.0451. The second kappa shape index (κ2) is 8.72. The number of nitrogens with zero attached hydrogens (tertiary/aromatic N) is 1. The average molecular weight is 354 g/mol. The predicted octanol–water partition coefficient (Wildman–Crippen LogP) is 1.28. The maximum atomic E-state index is 12.4. The molecule has 0 unspecified atom stereocenters. The summed E-state index contributed by atoms with van der Waals surface area (Å²) in [5, 5.41) is 3.11. The van der Waals surface area contributed by atoms with Gasteiger partial charge in [-0.15, -0.1) is 0 Å². The first kappa shape index (κ1) is 18.3. The van der Waals surface area contributed by atoms with E-state index < -0.39 is 0 Å². The number of rotatable bonds is 6. The van der Waals surface area contributed by atoms with Crippen LogP contribution >= 0.6 is 0 Å². The smallest absolute Gasteiger partial charge is 0.275 e. The van der Waals surface area contributed by atoms with E-state index in [2.05, 4.69) is 22.3 Å². The van der Waals surface area contributed by atoms with E-state index in [4.69, 9.17) is 4.74 Å². The fourth-order valence-electron chi connectivity index (χ4n) is 3.40. The largest absolute Gasteiger partial charge is 0.497 e. The van der Waals surface area contributed by atoms with Crippen LogP contribution in [0.5, 0.6) is 5.75 Å². The Kier molecular flexibility index (Phi) is 6.12. The van der Waals surface area contributed by atoms with Gasteiger partial charge in [0, 0.05) is 5.69 Å². The lowest BCUT2D eigenvalue weighted by molar-refractivity contribution is -0.892. The summed E-state index contributed by atoms with van der Waals surface area (Å²) in [5.74, 6) is 0.997. The second-order valence-electron chi connectivity index (χ2n) is 6.81. The molecule has 2 aromatic rings. The van der Waals surface area contributed by atoms with E-state index >= 15 is 0 Å². The SMILES string of the molecule is COc1ccc(N2CC[NH+](CC(=O)N[C@@H](C)c3ccccc3)CC2)cc1. The molecule has 5 nitrogen and oxygen atoms in total. The topological polar surface area (TPSA) is 46.0 Å². The van der Waals surface area contributed by atoms with Gasteiger partial charge in [-0.2, -0.15) is 0 Å². The van der Waals surface area contributed by atoms with E-state index in [-0.39, 0.29) is 11.9 Å². The molecule has 2 aromatic carbocycles. The summed E-state index contributed by atoms with van der Waals surface area (Å²) in [5.41, 5.74) is 2.35. The van der Waals surface area contributed by atoms with Gasteiger partial charge in [0.25, 0.3) is 5.91 Å². The highest BCUT2D eigenvalue weighted by Gasteiger charge is 2.23. The molecule has 1 fully saturated rings. The zero-order valence-corrected chi connectivity index (χ0v) is 15.6. The lowest BCUT2D eigenvalue weighted by Gasteiger charge is -2.33. The molecule has 3 rings (SSSR count). The molecule has 1 amide bonds. The van der Waals surface area contributed by atoms with E-state index in [9.17, 15) is 4.79 Å². The highest BCUT2D eigenvalue weighted by atomic mass is 16.5. The number of quaternary nitrogens is 1. The van der Waals surface area contributed by atoms with E-state index in [0.717, 1.165) is 37.5 Å². The van der Waals surface area contributed by atoms with Gasteiger partial charge in [-0.25, -0.2) is 0 Å². The van der Waals surface area contributed by atoms with Gasteiger partial charge in [0.1, 0.15) is 5.75 Å². The summed E-state index contributed by atoms with van der Waals surface area (Å²) in [6.45, 7) is 6.43. The lowest BCUT2D eigenvalue weighted by Crippen LogP contribution is -3.15. The van der Waals surface area contributed by atoms with E-state index in [1.807, 2.05) is 49.4 Å². The van der Waals surface area contributed by atoms with Gasteiger partial charge in [0.15, 0.2) is 6.54 Å². The molecule has 0 spiro atoms. The number of anilines is 1. The van der Waals surface area contributed by atoms with Crippen molar-refractivity contribution in [1.82, 2.24) is 5.32 Å². The minimum atomic E-state index is 0.0451. The Bertz CT molecular complexity index is 695. The Balaban J connectivity index is 1.45. The summed E-state index contributed by atoms with van der Waals surface area (Å²) in [7, 11) is 1.68. The summed E-state index contributed by atoms with van der Waals surface area (Å²) in [6, 6.07) is 18.3. The molecule has 0 aromatic heterocycles. The molecular formula is C21H28N3O2+. The highest BCUT2D eigenvalue weighted by molar-refractivity contribution is 5.77. The van der Waals surface area contributed by atoms with Gasteiger partial charge >= 0.3 is 0 Å². The average Bonchev–Trinajstić information content (AvgIpc) is 2.69. The zero-order valence-electron chi connectivity index (χ0n) is 15.6. The molecule has 138 valence electrons. The maximum absolute atomic E-state index is 12.4. The van der Waals surface area contributed by atoms with Crippen molar-refractivity contribution in [2.75, 3.05) is 44.7 Å². The molecule has 1 saturated heterocycles. The van der Waals surface area contributed by atoms with Crippen LogP contribution in [-0.2, 0) is 4.79 Å². The van der Waals surface area contributed by atoms with Crippen LogP contribution < -0.4 is 19.9 Å². The number of carbonyl (C=O) groups is 1. The van der Waals surface area contributed by atoms with Crippen molar-refractivity contribution in [2.24, 2.45) is 0 Å². The molecule has 1 atom stereocenters. The number of methoxy groups -OCH3 is 1. The van der Waals surface area contributed by atoms with Gasteiger partial charge in [0.2, 0.25) is 0 Å². The third-order valence-corrected chi connectivity index (χ3v) is 5.00. The van der Waals surface area contributed by atoms with Crippen LogP contribution in [0.1, 0.15) is 18.5 Å². The Morgan fingerprint density at radius 3 is 2.38 bits per heavy atom. The maximum Gasteiger partial charge on any atom is 0.275 e.